The number of carboxylic acid groups (broad SMARTS) is 2. The number of aliphatic carboxylic acids is 2. The van der Waals surface area contributed by atoms with E-state index in [1.54, 1.807) is 0 Å². The van der Waals surface area contributed by atoms with Crippen LogP contribution in [0.25, 0.3) is 0 Å². The highest BCUT2D eigenvalue weighted by molar-refractivity contribution is 8.02. The van der Waals surface area contributed by atoms with Crippen molar-refractivity contribution >= 4 is 23.7 Å². The SMILES string of the molecule is O=C([O-])[C@@H]1CC[C@@H](C(=O)[O-])S1. The van der Waals surface area contributed by atoms with Gasteiger partial charge in [-0.1, -0.05) is 0 Å². The fourth-order valence-corrected chi connectivity index (χ4v) is 2.15. The molecular weight excluding hydrogens is 168 g/mol. The molecule has 0 bridgehead atoms. The van der Waals surface area contributed by atoms with Gasteiger partial charge in [0.05, 0.1) is 11.9 Å². The van der Waals surface area contributed by atoms with Crippen molar-refractivity contribution in [2.75, 3.05) is 0 Å². The monoisotopic (exact) mass is 174 g/mol. The molecule has 1 rings (SSSR count). The molecule has 0 radical (unpaired) electrons. The molecule has 62 valence electrons. The van der Waals surface area contributed by atoms with E-state index in [4.69, 9.17) is 0 Å². The third-order valence-electron chi connectivity index (χ3n) is 1.55. The summed E-state index contributed by atoms with van der Waals surface area (Å²) in [4.78, 5) is 20.4. The Morgan fingerprint density at radius 1 is 1.09 bits per heavy atom. The van der Waals surface area contributed by atoms with Crippen LogP contribution in [0.4, 0.5) is 0 Å². The summed E-state index contributed by atoms with van der Waals surface area (Å²) in [5, 5.41) is 19.1. The van der Waals surface area contributed by atoms with Crippen LogP contribution in [-0.4, -0.2) is 22.4 Å². The quantitative estimate of drug-likeness (QED) is 0.472. The molecule has 11 heavy (non-hydrogen) atoms. The molecule has 0 aromatic heterocycles. The Morgan fingerprint density at radius 3 is 1.64 bits per heavy atom. The largest absolute Gasteiger partial charge is 0.549 e. The molecular formula is C6H6O4S-2. The van der Waals surface area contributed by atoms with Crippen molar-refractivity contribution in [3.63, 3.8) is 0 Å². The second-order valence-corrected chi connectivity index (χ2v) is 3.74. The highest BCUT2D eigenvalue weighted by Gasteiger charge is 2.26. The summed E-state index contributed by atoms with van der Waals surface area (Å²) in [5.41, 5.74) is 0. The Hall–Kier alpha value is -0.710. The topological polar surface area (TPSA) is 80.3 Å². The van der Waals surface area contributed by atoms with Gasteiger partial charge in [0.2, 0.25) is 0 Å². The molecule has 0 aromatic rings. The average molecular weight is 174 g/mol. The molecule has 2 atom stereocenters. The molecule has 4 nitrogen and oxygen atoms in total. The van der Waals surface area contributed by atoms with Gasteiger partial charge >= 0.3 is 0 Å². The first kappa shape index (κ1) is 8.39. The summed E-state index contributed by atoms with van der Waals surface area (Å²) >= 11 is 0.903. The van der Waals surface area contributed by atoms with Gasteiger partial charge in [-0.15, -0.1) is 11.8 Å². The van der Waals surface area contributed by atoms with Crippen molar-refractivity contribution in [2.24, 2.45) is 0 Å². The lowest BCUT2D eigenvalue weighted by molar-refractivity contribution is -0.306. The average Bonchev–Trinajstić information content (AvgIpc) is 2.33. The van der Waals surface area contributed by atoms with E-state index in [0.717, 1.165) is 11.8 Å². The van der Waals surface area contributed by atoms with Crippen molar-refractivity contribution in [3.05, 3.63) is 0 Å². The minimum Gasteiger partial charge on any atom is -0.549 e. The fourth-order valence-electron chi connectivity index (χ4n) is 0.984. The van der Waals surface area contributed by atoms with E-state index in [1.165, 1.54) is 0 Å². The second-order valence-electron chi connectivity index (χ2n) is 2.33. The Kier molecular flexibility index (Phi) is 2.38. The van der Waals surface area contributed by atoms with Gasteiger partial charge in [0.25, 0.3) is 0 Å². The zero-order chi connectivity index (χ0) is 8.43. The maximum absolute atomic E-state index is 10.2. The van der Waals surface area contributed by atoms with Crippen molar-refractivity contribution in [3.8, 4) is 0 Å². The first-order chi connectivity index (χ1) is 5.11. The highest BCUT2D eigenvalue weighted by atomic mass is 32.2. The standard InChI is InChI=1S/C6H8O4S/c7-5(8)3-1-2-4(11-3)6(9)10/h3-4H,1-2H2,(H,7,8)(H,9,10)/p-2/t3-,4-/m0/s1. The molecule has 0 aromatic carbocycles. The summed E-state index contributed by atoms with van der Waals surface area (Å²) < 4.78 is 0. The first-order valence-corrected chi connectivity index (χ1v) is 4.12. The van der Waals surface area contributed by atoms with E-state index in [-0.39, 0.29) is 0 Å². The molecule has 1 saturated heterocycles. The predicted molar refractivity (Wildman–Crippen MR) is 34.4 cm³/mol. The zero-order valence-corrected chi connectivity index (χ0v) is 6.43. The number of carboxylic acids is 2. The van der Waals surface area contributed by atoms with Crippen LogP contribution in [0.3, 0.4) is 0 Å². The Balaban J connectivity index is 2.47. The molecule has 1 fully saturated rings. The van der Waals surface area contributed by atoms with Crippen molar-refractivity contribution in [1.29, 1.82) is 0 Å². The van der Waals surface area contributed by atoms with E-state index < -0.39 is 22.4 Å². The lowest BCUT2D eigenvalue weighted by Crippen LogP contribution is -2.34. The first-order valence-electron chi connectivity index (χ1n) is 3.18. The summed E-state index contributed by atoms with van der Waals surface area (Å²) in [6, 6.07) is 0. The van der Waals surface area contributed by atoms with Crippen LogP contribution < -0.4 is 10.2 Å². The maximum Gasteiger partial charge on any atom is 0.0544 e. The van der Waals surface area contributed by atoms with Crippen LogP contribution in [0.5, 0.6) is 0 Å². The van der Waals surface area contributed by atoms with Gasteiger partial charge in [-0.25, -0.2) is 0 Å². The third kappa shape index (κ3) is 1.86. The molecule has 0 aliphatic carbocycles. The number of thioether (sulfide) groups is 1. The van der Waals surface area contributed by atoms with Crippen molar-refractivity contribution < 1.29 is 19.8 Å². The van der Waals surface area contributed by atoms with E-state index >= 15 is 0 Å². The van der Waals surface area contributed by atoms with E-state index in [2.05, 4.69) is 0 Å². The van der Waals surface area contributed by atoms with Crippen LogP contribution in [0.15, 0.2) is 0 Å². The zero-order valence-electron chi connectivity index (χ0n) is 5.61. The van der Waals surface area contributed by atoms with Crippen molar-refractivity contribution in [1.82, 2.24) is 0 Å². The highest BCUT2D eigenvalue weighted by Crippen LogP contribution is 2.32. The number of hydrogen-bond acceptors (Lipinski definition) is 5. The predicted octanol–water partition coefficient (Wildman–Crippen LogP) is -2.25. The molecule has 0 unspecified atom stereocenters. The Labute approximate surface area is 67.6 Å². The van der Waals surface area contributed by atoms with Gasteiger partial charge in [-0.05, 0) is 12.8 Å². The smallest absolute Gasteiger partial charge is 0.0544 e. The van der Waals surface area contributed by atoms with Gasteiger partial charge in [-0.2, -0.15) is 0 Å². The summed E-state index contributed by atoms with van der Waals surface area (Å²) in [7, 11) is 0. The molecule has 0 N–H and O–H groups in total. The molecule has 5 heteroatoms. The number of hydrogen-bond donors (Lipinski definition) is 0. The van der Waals surface area contributed by atoms with Crippen molar-refractivity contribution in [2.45, 2.75) is 23.3 Å². The summed E-state index contributed by atoms with van der Waals surface area (Å²) in [5.74, 6) is -2.36. The molecule has 0 saturated carbocycles. The van der Waals surface area contributed by atoms with Gasteiger partial charge < -0.3 is 19.8 Å². The lowest BCUT2D eigenvalue weighted by Gasteiger charge is -2.12. The minimum absolute atomic E-state index is 0.367. The number of carbonyl (C=O) groups excluding carboxylic acids is 2. The van der Waals surface area contributed by atoms with Gasteiger partial charge in [0.15, 0.2) is 0 Å². The van der Waals surface area contributed by atoms with E-state index in [9.17, 15) is 19.8 Å². The minimum atomic E-state index is -1.18. The fraction of sp³-hybridized carbons (Fsp3) is 0.667. The Morgan fingerprint density at radius 2 is 1.45 bits per heavy atom. The van der Waals surface area contributed by atoms with Gasteiger partial charge in [-0.3, -0.25) is 0 Å². The maximum atomic E-state index is 10.2. The van der Waals surface area contributed by atoms with Crippen LogP contribution in [0, 0.1) is 0 Å². The summed E-state index contributed by atoms with van der Waals surface area (Å²) in [6.07, 6.45) is 0.733. The molecule has 0 spiro atoms. The van der Waals surface area contributed by atoms with E-state index in [0.29, 0.717) is 12.8 Å². The second kappa shape index (κ2) is 3.13. The van der Waals surface area contributed by atoms with E-state index in [1.807, 2.05) is 0 Å². The van der Waals surface area contributed by atoms with Crippen LogP contribution >= 0.6 is 11.8 Å². The van der Waals surface area contributed by atoms with Crippen LogP contribution in [0.1, 0.15) is 12.8 Å². The molecule has 0 amide bonds. The normalized spacial score (nSPS) is 30.2. The van der Waals surface area contributed by atoms with Crippen LogP contribution in [-0.2, 0) is 9.59 Å². The van der Waals surface area contributed by atoms with Gasteiger partial charge in [0.1, 0.15) is 0 Å². The molecule has 1 aliphatic heterocycles. The number of rotatable bonds is 2. The molecule has 1 heterocycles. The molecule has 1 aliphatic rings. The van der Waals surface area contributed by atoms with Gasteiger partial charge in [0, 0.05) is 10.5 Å². The number of carbonyl (C=O) groups is 2. The van der Waals surface area contributed by atoms with Crippen LogP contribution in [0.2, 0.25) is 0 Å². The third-order valence-corrected chi connectivity index (χ3v) is 3.06. The summed E-state index contributed by atoms with van der Waals surface area (Å²) in [6.45, 7) is 0. The lowest BCUT2D eigenvalue weighted by atomic mass is 10.2. The Bertz CT molecular complexity index is 171.